The predicted octanol–water partition coefficient (Wildman–Crippen LogP) is 1.46. The summed E-state index contributed by atoms with van der Waals surface area (Å²) in [4.78, 5) is 65.4. The number of nitrogens with one attached hydrogen (secondary N) is 4. The van der Waals surface area contributed by atoms with Gasteiger partial charge in [-0.2, -0.15) is 0 Å². The monoisotopic (exact) mass is 847 g/mol. The first-order chi connectivity index (χ1) is 27.4. The van der Waals surface area contributed by atoms with Gasteiger partial charge in [0.25, 0.3) is 0 Å². The summed E-state index contributed by atoms with van der Waals surface area (Å²) in [6.07, 6.45) is 2.52. The van der Waals surface area contributed by atoms with Gasteiger partial charge in [-0.1, -0.05) is 26.0 Å². The summed E-state index contributed by atoms with van der Waals surface area (Å²) < 4.78 is 37.2. The van der Waals surface area contributed by atoms with Gasteiger partial charge in [0.05, 0.1) is 84.7 Å². The van der Waals surface area contributed by atoms with Crippen LogP contribution < -0.4 is 21.3 Å². The molecule has 0 spiro atoms. The van der Waals surface area contributed by atoms with Gasteiger partial charge in [0, 0.05) is 58.2 Å². The Morgan fingerprint density at radius 3 is 1.67 bits per heavy atom. The van der Waals surface area contributed by atoms with Crippen LogP contribution in [0.15, 0.2) is 24.3 Å². The molecule has 17 nitrogen and oxygen atoms in total. The second kappa shape index (κ2) is 29.6. The van der Waals surface area contributed by atoms with Gasteiger partial charge in [0.1, 0.15) is 0 Å². The van der Waals surface area contributed by atoms with Crippen LogP contribution >= 0.6 is 6.49 Å². The highest BCUT2D eigenvalue weighted by Crippen LogP contribution is 2.50. The molecule has 1 fully saturated rings. The molecule has 0 radical (unpaired) electrons. The van der Waals surface area contributed by atoms with E-state index in [0.29, 0.717) is 71.0 Å². The van der Waals surface area contributed by atoms with Crippen molar-refractivity contribution in [1.29, 1.82) is 0 Å². The second-order valence-corrected chi connectivity index (χ2v) is 17.8. The van der Waals surface area contributed by atoms with E-state index in [1.807, 2.05) is 26.0 Å². The number of ether oxygens (including phenoxy) is 6. The average Bonchev–Trinajstić information content (AvgIpc) is 3.18. The van der Waals surface area contributed by atoms with E-state index >= 15 is 0 Å². The number of hydrogen-bond donors (Lipinski definition) is 5. The van der Waals surface area contributed by atoms with Gasteiger partial charge in [0.15, 0.2) is 6.49 Å². The quantitative estimate of drug-likeness (QED) is 0.0531. The lowest BCUT2D eigenvalue weighted by Crippen LogP contribution is -2.54. The van der Waals surface area contributed by atoms with E-state index in [-0.39, 0.29) is 94.4 Å². The minimum absolute atomic E-state index is 0.102. The lowest BCUT2D eigenvalue weighted by atomic mass is 9.87. The number of amides is 4. The highest BCUT2D eigenvalue weighted by Gasteiger charge is 2.32. The second-order valence-electron chi connectivity index (χ2n) is 13.9. The van der Waals surface area contributed by atoms with Gasteiger partial charge < -0.3 is 59.1 Å². The average molecular weight is 848 g/mol. The number of carbonyl (C=O) groups excluding carboxylic acids is 4. The molecule has 2 rings (SSSR count). The zero-order chi connectivity index (χ0) is 41.9. The molecule has 19 heteroatoms. The molecular weight excluding hydrogens is 781 g/mol. The van der Waals surface area contributed by atoms with Crippen molar-refractivity contribution in [3.63, 3.8) is 0 Å². The fraction of sp³-hybridized carbons (Fsp3) is 0.737. The molecule has 1 aromatic carbocycles. The normalized spacial score (nSPS) is 17.2. The summed E-state index contributed by atoms with van der Waals surface area (Å²) in [5, 5.41) is 11.5. The van der Waals surface area contributed by atoms with Crippen LogP contribution in [0.5, 0.6) is 0 Å². The zero-order valence-corrected chi connectivity index (χ0v) is 36.0. The molecule has 0 bridgehead atoms. The molecule has 0 heterocycles. The third-order valence-electron chi connectivity index (χ3n) is 9.06. The Hall–Kier alpha value is -2.61. The Kier molecular flexibility index (Phi) is 26.2. The first kappa shape index (κ1) is 50.5. The standard InChI is InChI=1S/C38H66N5O12PS/c1-29(2)56(48,57)55-33-12-8-31(9-13-33)37(46)42-32-10-6-30(7-11-32)26-34(38(47)41-16-19-54-25-22-51-5)43(27-35(44)39-14-17-52-23-20-49-3)28-36(45)40-15-18-53-24-21-50-4/h6-7,10-11,29,31,33-34H,8-9,12-28H2,1-5H3,(H,39,44)(H,40,45)(H,41,47)(H,42,46)(H,48,57). The molecule has 326 valence electrons. The lowest BCUT2D eigenvalue weighted by Gasteiger charge is -2.31. The predicted molar refractivity (Wildman–Crippen MR) is 220 cm³/mol. The Morgan fingerprint density at radius 2 is 1.21 bits per heavy atom. The van der Waals surface area contributed by atoms with Gasteiger partial charge >= 0.3 is 0 Å². The van der Waals surface area contributed by atoms with Gasteiger partial charge in [0.2, 0.25) is 23.6 Å². The van der Waals surface area contributed by atoms with Crippen LogP contribution in [0.25, 0.3) is 0 Å². The highest BCUT2D eigenvalue weighted by atomic mass is 32.5. The number of hydrogen-bond acceptors (Lipinski definition) is 13. The number of nitrogens with zero attached hydrogens (tertiary/aromatic N) is 1. The SMILES string of the molecule is COCCOCCNC(=O)CN(CC(=O)NCCOCCOC)C(Cc1ccc(NC(=O)C2CCC(OP(O)(=S)C(C)C)CC2)cc1)C(=O)NCCOCCOC. The lowest BCUT2D eigenvalue weighted by molar-refractivity contribution is -0.131. The molecular formula is C38H66N5O12PS. The molecule has 2 atom stereocenters. The van der Waals surface area contributed by atoms with E-state index in [2.05, 4.69) is 21.3 Å². The number of benzene rings is 1. The Balaban J connectivity index is 2.16. The van der Waals surface area contributed by atoms with Gasteiger partial charge in [-0.05, 0) is 61.6 Å². The van der Waals surface area contributed by atoms with Crippen molar-refractivity contribution in [3.8, 4) is 0 Å². The van der Waals surface area contributed by atoms with Crippen molar-refractivity contribution < 1.29 is 57.0 Å². The van der Waals surface area contributed by atoms with Crippen LogP contribution in [0, 0.1) is 5.92 Å². The largest absolute Gasteiger partial charge is 0.382 e. The summed E-state index contributed by atoms with van der Waals surface area (Å²) in [7, 11) is 4.71. The summed E-state index contributed by atoms with van der Waals surface area (Å²) in [5.41, 5.74) is 1.21. The van der Waals surface area contributed by atoms with Crippen molar-refractivity contribution in [2.75, 3.05) is 119 Å². The van der Waals surface area contributed by atoms with Crippen LogP contribution in [0.4, 0.5) is 5.69 Å². The molecule has 0 aromatic heterocycles. The Labute approximate surface area is 343 Å². The van der Waals surface area contributed by atoms with Crippen molar-refractivity contribution in [2.24, 2.45) is 5.92 Å². The highest BCUT2D eigenvalue weighted by molar-refractivity contribution is 8.09. The summed E-state index contributed by atoms with van der Waals surface area (Å²) >= 11 is 5.29. The van der Waals surface area contributed by atoms with Crippen LogP contribution in [-0.4, -0.2) is 165 Å². The van der Waals surface area contributed by atoms with Gasteiger partial charge in [-0.3, -0.25) is 24.1 Å². The number of anilines is 1. The van der Waals surface area contributed by atoms with Crippen molar-refractivity contribution in [1.82, 2.24) is 20.9 Å². The van der Waals surface area contributed by atoms with Crippen molar-refractivity contribution >= 4 is 47.6 Å². The number of methoxy groups -OCH3 is 3. The first-order valence-corrected chi connectivity index (χ1v) is 22.3. The third kappa shape index (κ3) is 21.8. The van der Waals surface area contributed by atoms with E-state index in [1.165, 1.54) is 4.90 Å². The topological polar surface area (TPSA) is 204 Å². The fourth-order valence-corrected chi connectivity index (χ4v) is 6.97. The van der Waals surface area contributed by atoms with Gasteiger partial charge in [-0.25, -0.2) is 0 Å². The Morgan fingerprint density at radius 1 is 0.737 bits per heavy atom. The van der Waals surface area contributed by atoms with Crippen LogP contribution in [0.2, 0.25) is 0 Å². The molecule has 5 N–H and O–H groups in total. The molecule has 4 amide bonds. The van der Waals surface area contributed by atoms with E-state index in [0.717, 1.165) is 5.56 Å². The molecule has 1 aliphatic rings. The maximum atomic E-state index is 13.8. The van der Waals surface area contributed by atoms with E-state index in [1.54, 1.807) is 33.5 Å². The third-order valence-corrected chi connectivity index (χ3v) is 12.5. The summed E-state index contributed by atoms with van der Waals surface area (Å²) in [6, 6.07) is 6.22. The smallest absolute Gasteiger partial charge is 0.237 e. The van der Waals surface area contributed by atoms with E-state index in [4.69, 9.17) is 44.8 Å². The van der Waals surface area contributed by atoms with Crippen LogP contribution in [0.1, 0.15) is 45.1 Å². The van der Waals surface area contributed by atoms with Crippen molar-refractivity contribution in [3.05, 3.63) is 29.8 Å². The van der Waals surface area contributed by atoms with Crippen LogP contribution in [0.3, 0.4) is 0 Å². The number of rotatable bonds is 31. The molecule has 1 saturated carbocycles. The maximum absolute atomic E-state index is 13.8. The summed E-state index contributed by atoms with van der Waals surface area (Å²) in [5.74, 6) is -1.47. The molecule has 1 aromatic rings. The first-order valence-electron chi connectivity index (χ1n) is 19.6. The fourth-order valence-electron chi connectivity index (χ4n) is 5.72. The molecule has 1 aliphatic carbocycles. The molecule has 0 saturated heterocycles. The zero-order valence-electron chi connectivity index (χ0n) is 34.3. The Bertz CT molecular complexity index is 1320. The van der Waals surface area contributed by atoms with Crippen LogP contribution in [-0.2, 0) is 70.4 Å². The maximum Gasteiger partial charge on any atom is 0.237 e. The minimum Gasteiger partial charge on any atom is -0.382 e. The van der Waals surface area contributed by atoms with E-state index in [9.17, 15) is 24.1 Å². The minimum atomic E-state index is -2.86. The number of carbonyl (C=O) groups is 4. The van der Waals surface area contributed by atoms with E-state index < -0.39 is 18.4 Å². The molecule has 57 heavy (non-hydrogen) atoms. The molecule has 2 unspecified atom stereocenters. The molecule has 0 aliphatic heterocycles. The van der Waals surface area contributed by atoms with Crippen molar-refractivity contribution in [2.45, 2.75) is 63.8 Å². The summed E-state index contributed by atoms with van der Waals surface area (Å²) in [6.45, 7) is 4.19. The van der Waals surface area contributed by atoms with Gasteiger partial charge in [-0.15, -0.1) is 0 Å².